The Kier molecular flexibility index (Phi) is 6.01. The van der Waals surface area contributed by atoms with Gasteiger partial charge in [-0.15, -0.1) is 0 Å². The van der Waals surface area contributed by atoms with E-state index in [1.54, 1.807) is 0 Å². The lowest BCUT2D eigenvalue weighted by atomic mass is 10.0. The summed E-state index contributed by atoms with van der Waals surface area (Å²) in [5.74, 6) is 0.883. The molecule has 7 nitrogen and oxygen atoms in total. The molecule has 11 heteroatoms. The van der Waals surface area contributed by atoms with Gasteiger partial charge in [0.05, 0.1) is 17.0 Å². The highest BCUT2D eigenvalue weighted by molar-refractivity contribution is 7.90. The van der Waals surface area contributed by atoms with Crippen molar-refractivity contribution in [3.8, 4) is 11.3 Å². The predicted molar refractivity (Wildman–Crippen MR) is 120 cm³/mol. The number of pyridine rings is 1. The summed E-state index contributed by atoms with van der Waals surface area (Å²) < 4.78 is 64.7. The molecule has 4 atom stereocenters. The molecule has 0 aromatic carbocycles. The van der Waals surface area contributed by atoms with Crippen LogP contribution < -0.4 is 5.73 Å². The first kappa shape index (κ1) is 24.0. The number of nitrogens with zero attached hydrogens (tertiary/aromatic N) is 4. The summed E-state index contributed by atoms with van der Waals surface area (Å²) in [5.41, 5.74) is 6.29. The SMILES string of the molecule is CC(C)n1nc(-c2cnc(N)c(C(F)(F)F)c2)cc1[C@H]1[C@@H]2C[C@H](N(C)CCS(C)(=O)=O)C[C@@H]21. The molecule has 2 aliphatic rings. The third-order valence-corrected chi connectivity index (χ3v) is 7.90. The second kappa shape index (κ2) is 8.26. The molecule has 0 aliphatic heterocycles. The van der Waals surface area contributed by atoms with E-state index in [0.29, 0.717) is 41.6 Å². The molecular formula is C22H30F3N5O2S. The summed E-state index contributed by atoms with van der Waals surface area (Å²) in [7, 11) is -1.02. The summed E-state index contributed by atoms with van der Waals surface area (Å²) in [4.78, 5) is 5.88. The number of rotatable bonds is 7. The number of anilines is 1. The van der Waals surface area contributed by atoms with E-state index in [4.69, 9.17) is 5.73 Å². The zero-order valence-corrected chi connectivity index (χ0v) is 20.0. The van der Waals surface area contributed by atoms with Crippen molar-refractivity contribution in [1.82, 2.24) is 19.7 Å². The molecule has 2 saturated carbocycles. The Morgan fingerprint density at radius 2 is 1.88 bits per heavy atom. The van der Waals surface area contributed by atoms with Crippen LogP contribution in [0.15, 0.2) is 18.3 Å². The van der Waals surface area contributed by atoms with E-state index in [1.807, 2.05) is 31.6 Å². The van der Waals surface area contributed by atoms with Crippen molar-refractivity contribution >= 4 is 15.7 Å². The Labute approximate surface area is 192 Å². The zero-order chi connectivity index (χ0) is 24.3. The lowest BCUT2D eigenvalue weighted by Gasteiger charge is -2.26. The number of sulfone groups is 1. The second-order valence-electron chi connectivity index (χ2n) is 9.74. The van der Waals surface area contributed by atoms with E-state index in [1.165, 1.54) is 12.5 Å². The quantitative estimate of drug-likeness (QED) is 0.644. The van der Waals surface area contributed by atoms with Crippen molar-refractivity contribution in [3.63, 3.8) is 0 Å². The maximum Gasteiger partial charge on any atom is 0.419 e. The molecule has 182 valence electrons. The van der Waals surface area contributed by atoms with Crippen LogP contribution in [0.25, 0.3) is 11.3 Å². The molecule has 2 aromatic rings. The van der Waals surface area contributed by atoms with Crippen LogP contribution in [-0.4, -0.2) is 59.7 Å². The fourth-order valence-corrected chi connectivity index (χ4v) is 5.78. The highest BCUT2D eigenvalue weighted by atomic mass is 32.2. The van der Waals surface area contributed by atoms with Gasteiger partial charge in [0.15, 0.2) is 0 Å². The number of nitrogens with two attached hydrogens (primary N) is 1. The van der Waals surface area contributed by atoms with Gasteiger partial charge in [0.25, 0.3) is 0 Å². The van der Waals surface area contributed by atoms with E-state index in [-0.39, 0.29) is 11.8 Å². The van der Waals surface area contributed by atoms with Gasteiger partial charge in [-0.05, 0) is 57.7 Å². The molecule has 0 radical (unpaired) electrons. The number of nitrogen functional groups attached to an aromatic ring is 1. The van der Waals surface area contributed by atoms with Crippen LogP contribution >= 0.6 is 0 Å². The molecule has 0 amide bonds. The Morgan fingerprint density at radius 1 is 1.24 bits per heavy atom. The summed E-state index contributed by atoms with van der Waals surface area (Å²) in [6.07, 6.45) is -0.0301. The lowest BCUT2D eigenvalue weighted by Crippen LogP contribution is -2.34. The van der Waals surface area contributed by atoms with Gasteiger partial charge < -0.3 is 10.6 Å². The first-order valence-corrected chi connectivity index (χ1v) is 13.1. The molecule has 2 aromatic heterocycles. The summed E-state index contributed by atoms with van der Waals surface area (Å²) in [6.45, 7) is 4.53. The van der Waals surface area contributed by atoms with Crippen molar-refractivity contribution in [1.29, 1.82) is 0 Å². The topological polar surface area (TPSA) is 94.1 Å². The van der Waals surface area contributed by atoms with Crippen LogP contribution in [0, 0.1) is 11.8 Å². The molecule has 2 N–H and O–H groups in total. The molecule has 0 saturated heterocycles. The minimum atomic E-state index is -4.58. The minimum Gasteiger partial charge on any atom is -0.383 e. The van der Waals surface area contributed by atoms with E-state index >= 15 is 0 Å². The summed E-state index contributed by atoms with van der Waals surface area (Å²) in [6, 6.07) is 3.31. The summed E-state index contributed by atoms with van der Waals surface area (Å²) >= 11 is 0. The van der Waals surface area contributed by atoms with Gasteiger partial charge in [-0.3, -0.25) is 4.68 Å². The molecule has 4 rings (SSSR count). The summed E-state index contributed by atoms with van der Waals surface area (Å²) in [5, 5.41) is 4.62. The third kappa shape index (κ3) is 4.89. The third-order valence-electron chi connectivity index (χ3n) is 6.97. The van der Waals surface area contributed by atoms with E-state index in [2.05, 4.69) is 15.0 Å². The van der Waals surface area contributed by atoms with E-state index in [0.717, 1.165) is 24.6 Å². The van der Waals surface area contributed by atoms with Crippen molar-refractivity contribution in [2.24, 2.45) is 11.8 Å². The number of hydrogen-bond acceptors (Lipinski definition) is 6. The number of fused-ring (bicyclic) bond motifs is 1. The largest absolute Gasteiger partial charge is 0.419 e. The van der Waals surface area contributed by atoms with Gasteiger partial charge in [-0.2, -0.15) is 18.3 Å². The average Bonchev–Trinajstić information content (AvgIpc) is 3.07. The second-order valence-corrected chi connectivity index (χ2v) is 12.0. The van der Waals surface area contributed by atoms with E-state index < -0.39 is 27.4 Å². The number of hydrogen-bond donors (Lipinski definition) is 1. The normalized spacial score (nSPS) is 25.1. The van der Waals surface area contributed by atoms with Crippen LogP contribution in [0.1, 0.15) is 49.9 Å². The van der Waals surface area contributed by atoms with E-state index in [9.17, 15) is 21.6 Å². The van der Waals surface area contributed by atoms with Crippen LogP contribution in [0.2, 0.25) is 0 Å². The molecule has 2 fully saturated rings. The highest BCUT2D eigenvalue weighted by Crippen LogP contribution is 2.64. The van der Waals surface area contributed by atoms with Crippen LogP contribution in [-0.2, 0) is 16.0 Å². The first-order valence-electron chi connectivity index (χ1n) is 11.1. The zero-order valence-electron chi connectivity index (χ0n) is 19.2. The maximum atomic E-state index is 13.3. The van der Waals surface area contributed by atoms with Crippen LogP contribution in [0.4, 0.5) is 19.0 Å². The van der Waals surface area contributed by atoms with Gasteiger partial charge in [-0.1, -0.05) is 0 Å². The van der Waals surface area contributed by atoms with Gasteiger partial charge >= 0.3 is 6.18 Å². The van der Waals surface area contributed by atoms with Gasteiger partial charge in [0.2, 0.25) is 0 Å². The Hall–Kier alpha value is -2.14. The molecule has 2 aliphatic carbocycles. The Morgan fingerprint density at radius 3 is 2.42 bits per heavy atom. The maximum absolute atomic E-state index is 13.3. The monoisotopic (exact) mass is 485 g/mol. The average molecular weight is 486 g/mol. The van der Waals surface area contributed by atoms with Gasteiger partial charge in [0.1, 0.15) is 15.7 Å². The predicted octanol–water partition coefficient (Wildman–Crippen LogP) is 3.60. The molecule has 0 unspecified atom stereocenters. The fourth-order valence-electron chi connectivity index (χ4n) is 5.16. The Bertz CT molecular complexity index is 1130. The minimum absolute atomic E-state index is 0.0622. The molecular weight excluding hydrogens is 455 g/mol. The fraction of sp³-hybridized carbons (Fsp3) is 0.636. The number of alkyl halides is 3. The van der Waals surface area contributed by atoms with Crippen LogP contribution in [0.3, 0.4) is 0 Å². The highest BCUT2D eigenvalue weighted by Gasteiger charge is 2.58. The molecule has 2 heterocycles. The smallest absolute Gasteiger partial charge is 0.383 e. The Balaban J connectivity index is 1.53. The molecule has 0 bridgehead atoms. The molecule has 33 heavy (non-hydrogen) atoms. The molecule has 0 spiro atoms. The van der Waals surface area contributed by atoms with Crippen molar-refractivity contribution < 1.29 is 21.6 Å². The van der Waals surface area contributed by atoms with Crippen molar-refractivity contribution in [3.05, 3.63) is 29.6 Å². The van der Waals surface area contributed by atoms with Crippen LogP contribution in [0.5, 0.6) is 0 Å². The lowest BCUT2D eigenvalue weighted by molar-refractivity contribution is -0.137. The first-order chi connectivity index (χ1) is 15.3. The number of halogens is 3. The van der Waals surface area contributed by atoms with Crippen molar-refractivity contribution in [2.75, 3.05) is 31.3 Å². The van der Waals surface area contributed by atoms with Crippen molar-refractivity contribution in [2.45, 2.75) is 50.9 Å². The standard InChI is InChI=1S/C22H30F3N5O2S/c1-12(2)30-19(10-18(28-30)13-7-17(22(23,24)25)21(26)27-11-13)20-15-8-14(9-16(15)20)29(3)5-6-33(4,31)32/h7,10-12,14-16,20H,5-6,8-9H2,1-4H3,(H2,26,27)/t14-,15+,16-,20-. The van der Waals surface area contributed by atoms with Gasteiger partial charge in [-0.25, -0.2) is 13.4 Å². The number of aromatic nitrogens is 3. The van der Waals surface area contributed by atoms with Gasteiger partial charge in [0, 0.05) is 48.3 Å².